The van der Waals surface area contributed by atoms with Gasteiger partial charge in [0.25, 0.3) is 5.69 Å². The molecule has 1 fully saturated rings. The summed E-state index contributed by atoms with van der Waals surface area (Å²) in [5, 5.41) is 14.9. The number of nitrogens with zero attached hydrogens (tertiary/aromatic N) is 3. The molecule has 35 heavy (non-hydrogen) atoms. The Hall–Kier alpha value is -3.24. The Morgan fingerprint density at radius 1 is 1.06 bits per heavy atom. The van der Waals surface area contributed by atoms with E-state index < -0.39 is 21.0 Å². The van der Waals surface area contributed by atoms with E-state index in [2.05, 4.69) is 5.32 Å². The first kappa shape index (κ1) is 24.9. The maximum atomic E-state index is 13.2. The molecule has 10 heteroatoms. The molecule has 1 unspecified atom stereocenters. The molecule has 2 heterocycles. The molecule has 0 saturated carbocycles. The highest BCUT2D eigenvalue weighted by atomic mass is 32.2. The number of benzene rings is 2. The van der Waals surface area contributed by atoms with Gasteiger partial charge in [0, 0.05) is 36.3 Å². The smallest absolute Gasteiger partial charge is 0.274 e. The number of fused-ring (bicyclic) bond motifs is 1. The van der Waals surface area contributed by atoms with Crippen LogP contribution in [0.5, 0.6) is 0 Å². The first-order chi connectivity index (χ1) is 16.5. The maximum absolute atomic E-state index is 13.2. The van der Waals surface area contributed by atoms with E-state index in [0.717, 1.165) is 41.3 Å². The minimum absolute atomic E-state index is 0.0525. The van der Waals surface area contributed by atoms with E-state index in [-0.39, 0.29) is 16.5 Å². The summed E-state index contributed by atoms with van der Waals surface area (Å²) in [6.45, 7) is 8.10. The van der Waals surface area contributed by atoms with Crippen molar-refractivity contribution in [1.29, 1.82) is 0 Å². The van der Waals surface area contributed by atoms with E-state index in [9.17, 15) is 23.3 Å². The van der Waals surface area contributed by atoms with Crippen LogP contribution in [0.4, 0.5) is 11.4 Å². The van der Waals surface area contributed by atoms with Crippen LogP contribution in [0.2, 0.25) is 0 Å². The monoisotopic (exact) mass is 498 g/mol. The molecule has 1 N–H and O–H groups in total. The third-order valence-corrected chi connectivity index (χ3v) is 8.74. The fourth-order valence-corrected chi connectivity index (χ4v) is 6.26. The first-order valence-electron chi connectivity index (χ1n) is 11.7. The third-order valence-electron chi connectivity index (χ3n) is 6.84. The van der Waals surface area contributed by atoms with Gasteiger partial charge in [-0.3, -0.25) is 14.9 Å². The molecule has 1 saturated heterocycles. The molecule has 1 aliphatic rings. The zero-order valence-electron chi connectivity index (χ0n) is 20.4. The van der Waals surface area contributed by atoms with Gasteiger partial charge in [-0.25, -0.2) is 8.42 Å². The number of nitro benzene ring substituents is 1. The zero-order chi connectivity index (χ0) is 25.5. The van der Waals surface area contributed by atoms with E-state index in [1.165, 1.54) is 6.07 Å². The molecule has 186 valence electrons. The van der Waals surface area contributed by atoms with Crippen molar-refractivity contribution in [3.05, 3.63) is 63.3 Å². The molecule has 0 bridgehead atoms. The van der Waals surface area contributed by atoms with Gasteiger partial charge >= 0.3 is 0 Å². The molecule has 0 radical (unpaired) electrons. The van der Waals surface area contributed by atoms with E-state index in [4.69, 9.17) is 0 Å². The summed E-state index contributed by atoms with van der Waals surface area (Å²) < 4.78 is 29.6. The molecule has 1 amide bonds. The quantitative estimate of drug-likeness (QED) is 0.385. The molecule has 1 atom stereocenters. The van der Waals surface area contributed by atoms with Gasteiger partial charge in [0.15, 0.2) is 0 Å². The molecular weight excluding hydrogens is 468 g/mol. The standard InChI is InChI=1S/C25H30N4O5S/c1-16-8-10-22(29(31)32)18(3)24(16)26-25(30)19(4)28-15-17(2)21-14-20(9-11-23(21)28)35(33,34)27-12-6-5-7-13-27/h8-11,14-15,19H,5-7,12-13H2,1-4H3,(H,26,30). The lowest BCUT2D eigenvalue weighted by Gasteiger charge is -2.26. The fourth-order valence-electron chi connectivity index (χ4n) is 4.72. The molecule has 3 aromatic rings. The number of aromatic nitrogens is 1. The van der Waals surface area contributed by atoms with Crippen LogP contribution in [0, 0.1) is 30.9 Å². The van der Waals surface area contributed by atoms with Gasteiger partial charge in [-0.2, -0.15) is 4.31 Å². The summed E-state index contributed by atoms with van der Waals surface area (Å²) in [5.41, 5.74) is 3.11. The molecule has 0 spiro atoms. The van der Waals surface area contributed by atoms with Gasteiger partial charge in [0.2, 0.25) is 15.9 Å². The van der Waals surface area contributed by atoms with Crippen molar-refractivity contribution < 1.29 is 18.1 Å². The van der Waals surface area contributed by atoms with Crippen molar-refractivity contribution in [1.82, 2.24) is 8.87 Å². The number of rotatable bonds is 6. The average Bonchev–Trinajstić information content (AvgIpc) is 3.17. The number of carbonyl (C=O) groups excluding carboxylic acids is 1. The van der Waals surface area contributed by atoms with Crippen LogP contribution in [0.25, 0.3) is 10.9 Å². The Bertz CT molecular complexity index is 1420. The number of anilines is 1. The number of amides is 1. The van der Waals surface area contributed by atoms with Crippen LogP contribution < -0.4 is 5.32 Å². The number of piperidine rings is 1. The fraction of sp³-hybridized carbons (Fsp3) is 0.400. The van der Waals surface area contributed by atoms with E-state index >= 15 is 0 Å². The lowest BCUT2D eigenvalue weighted by Crippen LogP contribution is -2.35. The van der Waals surface area contributed by atoms with Crippen molar-refractivity contribution >= 4 is 38.2 Å². The van der Waals surface area contributed by atoms with Gasteiger partial charge in [-0.15, -0.1) is 0 Å². The topological polar surface area (TPSA) is 115 Å². The largest absolute Gasteiger partial charge is 0.335 e. The number of sulfonamides is 1. The minimum Gasteiger partial charge on any atom is -0.335 e. The molecule has 1 aromatic heterocycles. The number of aryl methyl sites for hydroxylation is 2. The Morgan fingerprint density at radius 2 is 1.74 bits per heavy atom. The molecule has 2 aromatic carbocycles. The van der Waals surface area contributed by atoms with E-state index in [0.29, 0.717) is 24.3 Å². The second-order valence-corrected chi connectivity index (χ2v) is 11.1. The summed E-state index contributed by atoms with van der Waals surface area (Å²) in [6.07, 6.45) is 4.61. The average molecular weight is 499 g/mol. The van der Waals surface area contributed by atoms with Crippen molar-refractivity contribution in [2.75, 3.05) is 18.4 Å². The summed E-state index contributed by atoms with van der Waals surface area (Å²) >= 11 is 0. The van der Waals surface area contributed by atoms with Gasteiger partial charge in [0.05, 0.1) is 21.1 Å². The molecular formula is C25H30N4O5S. The molecule has 9 nitrogen and oxygen atoms in total. The predicted octanol–water partition coefficient (Wildman–Crippen LogP) is 4.85. The van der Waals surface area contributed by atoms with Crippen molar-refractivity contribution in [3.63, 3.8) is 0 Å². The van der Waals surface area contributed by atoms with Crippen LogP contribution >= 0.6 is 0 Å². The highest BCUT2D eigenvalue weighted by molar-refractivity contribution is 7.89. The van der Waals surface area contributed by atoms with Crippen LogP contribution in [-0.4, -0.2) is 41.2 Å². The summed E-state index contributed by atoms with van der Waals surface area (Å²) in [6, 6.07) is 7.44. The van der Waals surface area contributed by atoms with Gasteiger partial charge in [-0.05, 0) is 69.9 Å². The van der Waals surface area contributed by atoms with Gasteiger partial charge in [-0.1, -0.05) is 12.5 Å². The van der Waals surface area contributed by atoms with Crippen molar-refractivity contribution in [2.24, 2.45) is 0 Å². The SMILES string of the molecule is Cc1ccc([N+](=O)[O-])c(C)c1NC(=O)C(C)n1cc(C)c2cc(S(=O)(=O)N3CCCCC3)ccc21. The van der Waals surface area contributed by atoms with Crippen molar-refractivity contribution in [2.45, 2.75) is 57.9 Å². The van der Waals surface area contributed by atoms with Crippen LogP contribution in [0.15, 0.2) is 41.4 Å². The number of hydrogen-bond donors (Lipinski definition) is 1. The van der Waals surface area contributed by atoms with Crippen LogP contribution in [0.3, 0.4) is 0 Å². The first-order valence-corrected chi connectivity index (χ1v) is 13.1. The Labute approximate surface area is 204 Å². The molecule has 0 aliphatic carbocycles. The predicted molar refractivity (Wildman–Crippen MR) is 135 cm³/mol. The highest BCUT2D eigenvalue weighted by Crippen LogP contribution is 2.32. The second kappa shape index (κ2) is 9.43. The third kappa shape index (κ3) is 4.55. The summed E-state index contributed by atoms with van der Waals surface area (Å²) in [4.78, 5) is 24.3. The number of hydrogen-bond acceptors (Lipinski definition) is 5. The molecule has 1 aliphatic heterocycles. The lowest BCUT2D eigenvalue weighted by molar-refractivity contribution is -0.385. The minimum atomic E-state index is -3.57. The Morgan fingerprint density at radius 3 is 2.40 bits per heavy atom. The van der Waals surface area contributed by atoms with Crippen LogP contribution in [-0.2, 0) is 14.8 Å². The second-order valence-electron chi connectivity index (χ2n) is 9.19. The van der Waals surface area contributed by atoms with Gasteiger partial charge in [0.1, 0.15) is 6.04 Å². The summed E-state index contributed by atoms with van der Waals surface area (Å²) in [5.74, 6) is -0.321. The number of carbonyl (C=O) groups is 1. The maximum Gasteiger partial charge on any atom is 0.274 e. The van der Waals surface area contributed by atoms with Crippen molar-refractivity contribution in [3.8, 4) is 0 Å². The normalized spacial score (nSPS) is 15.8. The summed E-state index contributed by atoms with van der Waals surface area (Å²) in [7, 11) is -3.57. The molecule has 4 rings (SSSR count). The number of nitrogens with one attached hydrogen (secondary N) is 1. The number of nitro groups is 1. The highest BCUT2D eigenvalue weighted by Gasteiger charge is 2.27. The van der Waals surface area contributed by atoms with Crippen LogP contribution in [0.1, 0.15) is 48.9 Å². The Balaban J connectivity index is 1.65. The zero-order valence-corrected chi connectivity index (χ0v) is 21.2. The van der Waals surface area contributed by atoms with E-state index in [1.807, 2.05) is 13.1 Å². The Kier molecular flexibility index (Phi) is 6.70. The van der Waals surface area contributed by atoms with Gasteiger partial charge < -0.3 is 9.88 Å². The lowest BCUT2D eigenvalue weighted by atomic mass is 10.1. The van der Waals surface area contributed by atoms with E-state index in [1.54, 1.807) is 53.9 Å².